The molecule has 0 fully saturated rings. The van der Waals surface area contributed by atoms with Crippen LogP contribution >= 0.6 is 0 Å². The Bertz CT molecular complexity index is 389. The van der Waals surface area contributed by atoms with Gasteiger partial charge in [-0.25, -0.2) is 8.51 Å². The van der Waals surface area contributed by atoms with Crippen LogP contribution in [-0.2, 0) is 26.2 Å². The molecule has 0 saturated heterocycles. The molecule has 1 aromatic rings. The van der Waals surface area contributed by atoms with Crippen molar-refractivity contribution < 1.29 is 18.4 Å². The number of hydrogen-bond acceptors (Lipinski definition) is 4. The Kier molecular flexibility index (Phi) is 8.45. The van der Waals surface area contributed by atoms with Crippen LogP contribution in [0.4, 0.5) is 0 Å². The van der Waals surface area contributed by atoms with Crippen molar-refractivity contribution in [3.63, 3.8) is 0 Å². The van der Waals surface area contributed by atoms with Gasteiger partial charge < -0.3 is 14.2 Å². The Morgan fingerprint density at radius 3 is 2.00 bits per heavy atom. The molecular weight excluding hydrogens is 278 g/mol. The van der Waals surface area contributed by atoms with Crippen LogP contribution in [0.25, 0.3) is 0 Å². The number of methoxy groups -OCH3 is 3. The lowest BCUT2D eigenvalue weighted by Gasteiger charge is -2.20. The summed E-state index contributed by atoms with van der Waals surface area (Å²) in [4.78, 5) is 0. The molecule has 0 amide bonds. The third-order valence-corrected chi connectivity index (χ3v) is 4.35. The molecule has 0 N–H and O–H groups in total. The smallest absolute Gasteiger partial charge is 0.118 e. The van der Waals surface area contributed by atoms with Gasteiger partial charge in [-0.15, -0.1) is 0 Å². The molecule has 0 aliphatic rings. The summed E-state index contributed by atoms with van der Waals surface area (Å²) in [5.74, 6) is 1.28. The molecule has 0 spiro atoms. The van der Waals surface area contributed by atoms with Gasteiger partial charge in [0.25, 0.3) is 0 Å². The van der Waals surface area contributed by atoms with E-state index < -0.39 is 11.0 Å². The Hall–Kier alpha value is -0.950. The first-order valence-electron chi connectivity index (χ1n) is 6.45. The summed E-state index contributed by atoms with van der Waals surface area (Å²) in [5, 5.41) is 0. The zero-order chi connectivity index (χ0) is 14.8. The maximum Gasteiger partial charge on any atom is 0.118 e. The molecule has 0 bridgehead atoms. The van der Waals surface area contributed by atoms with Gasteiger partial charge in [-0.3, -0.25) is 0 Å². The highest BCUT2D eigenvalue weighted by atomic mass is 32.2. The molecular formula is C14H23NO4S. The molecule has 0 heterocycles. The maximum absolute atomic E-state index is 12.4. The van der Waals surface area contributed by atoms with Crippen molar-refractivity contribution in [1.29, 1.82) is 0 Å². The van der Waals surface area contributed by atoms with Gasteiger partial charge in [-0.05, 0) is 17.7 Å². The monoisotopic (exact) mass is 301 g/mol. The van der Waals surface area contributed by atoms with E-state index >= 15 is 0 Å². The zero-order valence-corrected chi connectivity index (χ0v) is 13.1. The average Bonchev–Trinajstić information content (AvgIpc) is 2.48. The van der Waals surface area contributed by atoms with Gasteiger partial charge in [0.1, 0.15) is 5.75 Å². The van der Waals surface area contributed by atoms with Crippen molar-refractivity contribution in [1.82, 2.24) is 4.31 Å². The van der Waals surface area contributed by atoms with Gasteiger partial charge in [0, 0.05) is 27.3 Å². The molecule has 6 heteroatoms. The SMILES string of the molecule is COCCN(CCOC)S(=O)Cc1ccc(OC)cc1. The van der Waals surface area contributed by atoms with Crippen molar-refractivity contribution >= 4 is 11.0 Å². The van der Waals surface area contributed by atoms with Crippen LogP contribution in [0.2, 0.25) is 0 Å². The molecule has 0 aromatic heterocycles. The topological polar surface area (TPSA) is 48.0 Å². The lowest BCUT2D eigenvalue weighted by Crippen LogP contribution is -2.33. The van der Waals surface area contributed by atoms with E-state index in [4.69, 9.17) is 14.2 Å². The Morgan fingerprint density at radius 2 is 1.55 bits per heavy atom. The van der Waals surface area contributed by atoms with E-state index in [1.54, 1.807) is 21.3 Å². The summed E-state index contributed by atoms with van der Waals surface area (Å²) < 4.78 is 29.5. The summed E-state index contributed by atoms with van der Waals surface area (Å²) in [6.07, 6.45) is 0. The molecule has 1 aromatic carbocycles. The molecule has 0 radical (unpaired) electrons. The second-order valence-electron chi connectivity index (χ2n) is 4.23. The predicted octanol–water partition coefficient (Wildman–Crippen LogP) is 1.45. The minimum absolute atomic E-state index is 0.484. The number of rotatable bonds is 10. The standard InChI is InChI=1S/C14H23NO4S/c1-17-10-8-15(9-11-18-2)20(16)12-13-4-6-14(19-3)7-5-13/h4-7H,8-12H2,1-3H3. The van der Waals surface area contributed by atoms with Crippen LogP contribution in [0, 0.1) is 0 Å². The number of hydrogen-bond donors (Lipinski definition) is 0. The molecule has 20 heavy (non-hydrogen) atoms. The van der Waals surface area contributed by atoms with Crippen LogP contribution in [0.1, 0.15) is 5.56 Å². The van der Waals surface area contributed by atoms with Gasteiger partial charge in [-0.1, -0.05) is 12.1 Å². The van der Waals surface area contributed by atoms with Crippen molar-refractivity contribution in [3.05, 3.63) is 29.8 Å². The van der Waals surface area contributed by atoms with Crippen molar-refractivity contribution in [3.8, 4) is 5.75 Å². The molecule has 114 valence electrons. The van der Waals surface area contributed by atoms with Gasteiger partial charge in [0.15, 0.2) is 0 Å². The fraction of sp³-hybridized carbons (Fsp3) is 0.571. The first kappa shape index (κ1) is 17.1. The van der Waals surface area contributed by atoms with E-state index in [0.29, 0.717) is 32.1 Å². The molecule has 5 nitrogen and oxygen atoms in total. The number of benzene rings is 1. The van der Waals surface area contributed by atoms with Gasteiger partial charge in [0.2, 0.25) is 0 Å². The van der Waals surface area contributed by atoms with Crippen molar-refractivity contribution in [2.24, 2.45) is 0 Å². The van der Waals surface area contributed by atoms with E-state index in [2.05, 4.69) is 0 Å². The van der Waals surface area contributed by atoms with Crippen LogP contribution in [0.15, 0.2) is 24.3 Å². The highest BCUT2D eigenvalue weighted by molar-refractivity contribution is 7.81. The molecule has 0 saturated carbocycles. The van der Waals surface area contributed by atoms with Crippen LogP contribution < -0.4 is 4.74 Å². The maximum atomic E-state index is 12.4. The fourth-order valence-electron chi connectivity index (χ4n) is 1.66. The Labute approximate surface area is 123 Å². The normalized spacial score (nSPS) is 12.6. The number of ether oxygens (including phenoxy) is 3. The molecule has 1 unspecified atom stereocenters. The average molecular weight is 301 g/mol. The summed E-state index contributed by atoms with van der Waals surface area (Å²) in [6.45, 7) is 2.36. The lowest BCUT2D eigenvalue weighted by molar-refractivity contribution is 0.152. The first-order valence-corrected chi connectivity index (χ1v) is 7.73. The molecule has 1 atom stereocenters. The predicted molar refractivity (Wildman–Crippen MR) is 80.2 cm³/mol. The summed E-state index contributed by atoms with van der Waals surface area (Å²) in [7, 11) is 3.82. The molecule has 1 rings (SSSR count). The van der Waals surface area contributed by atoms with Crippen LogP contribution in [0.3, 0.4) is 0 Å². The number of nitrogens with zero attached hydrogens (tertiary/aromatic N) is 1. The highest BCUT2D eigenvalue weighted by Gasteiger charge is 2.13. The largest absolute Gasteiger partial charge is 0.497 e. The van der Waals surface area contributed by atoms with E-state index in [1.165, 1.54) is 0 Å². The minimum atomic E-state index is -1.09. The van der Waals surface area contributed by atoms with E-state index in [0.717, 1.165) is 11.3 Å². The van der Waals surface area contributed by atoms with E-state index in [9.17, 15) is 4.21 Å². The Balaban J connectivity index is 2.58. The van der Waals surface area contributed by atoms with Crippen molar-refractivity contribution in [2.75, 3.05) is 47.6 Å². The second kappa shape index (κ2) is 9.88. The zero-order valence-electron chi connectivity index (χ0n) is 12.3. The summed E-state index contributed by atoms with van der Waals surface area (Å²) in [5.41, 5.74) is 1.02. The Morgan fingerprint density at radius 1 is 1.00 bits per heavy atom. The molecule has 0 aliphatic carbocycles. The quantitative estimate of drug-likeness (QED) is 0.656. The third kappa shape index (κ3) is 6.00. The molecule has 0 aliphatic heterocycles. The van der Waals surface area contributed by atoms with E-state index in [1.807, 2.05) is 28.6 Å². The van der Waals surface area contributed by atoms with Gasteiger partial charge in [0.05, 0.1) is 37.1 Å². The fourth-order valence-corrected chi connectivity index (χ4v) is 2.87. The van der Waals surface area contributed by atoms with Crippen LogP contribution in [-0.4, -0.2) is 56.1 Å². The van der Waals surface area contributed by atoms with Gasteiger partial charge in [-0.2, -0.15) is 0 Å². The van der Waals surface area contributed by atoms with E-state index in [-0.39, 0.29) is 0 Å². The first-order chi connectivity index (χ1) is 9.71. The lowest BCUT2D eigenvalue weighted by atomic mass is 10.2. The third-order valence-electron chi connectivity index (χ3n) is 2.83. The van der Waals surface area contributed by atoms with Crippen LogP contribution in [0.5, 0.6) is 5.75 Å². The van der Waals surface area contributed by atoms with Gasteiger partial charge >= 0.3 is 0 Å². The minimum Gasteiger partial charge on any atom is -0.497 e. The summed E-state index contributed by atoms with van der Waals surface area (Å²) >= 11 is 0. The second-order valence-corrected chi connectivity index (χ2v) is 5.68. The van der Waals surface area contributed by atoms with Crippen molar-refractivity contribution in [2.45, 2.75) is 5.75 Å². The summed E-state index contributed by atoms with van der Waals surface area (Å²) in [6, 6.07) is 7.62. The highest BCUT2D eigenvalue weighted by Crippen LogP contribution is 2.13.